The molecule has 1 aliphatic heterocycles. The number of ether oxygens (including phenoxy) is 1. The lowest BCUT2D eigenvalue weighted by Gasteiger charge is -2.11. The largest absolute Gasteiger partial charge is 0.376 e. The van der Waals surface area contributed by atoms with Crippen LogP contribution in [0.4, 0.5) is 5.95 Å². The van der Waals surface area contributed by atoms with Crippen LogP contribution in [0.2, 0.25) is 0 Å². The second-order valence-electron chi connectivity index (χ2n) is 4.06. The van der Waals surface area contributed by atoms with Crippen molar-refractivity contribution in [3.63, 3.8) is 0 Å². The van der Waals surface area contributed by atoms with E-state index >= 15 is 0 Å². The lowest BCUT2D eigenvalue weighted by molar-refractivity contribution is 0.0982. The number of nitrogens with zero attached hydrogens (tertiary/aromatic N) is 3. The molecule has 3 heterocycles. The Morgan fingerprint density at radius 3 is 3.31 bits per heavy atom. The third-order valence-corrected chi connectivity index (χ3v) is 2.94. The summed E-state index contributed by atoms with van der Waals surface area (Å²) in [4.78, 5) is 8.59. The van der Waals surface area contributed by atoms with Gasteiger partial charge in [-0.3, -0.25) is 4.57 Å². The fourth-order valence-corrected chi connectivity index (χ4v) is 2.15. The maximum atomic E-state index is 5.89. The van der Waals surface area contributed by atoms with Crippen LogP contribution < -0.4 is 5.73 Å². The van der Waals surface area contributed by atoms with E-state index in [2.05, 4.69) is 9.97 Å². The number of anilines is 1. The molecule has 0 amide bonds. The predicted molar refractivity (Wildman–Crippen MR) is 60.9 cm³/mol. The van der Waals surface area contributed by atoms with E-state index in [9.17, 15) is 0 Å². The number of hydrogen-bond donors (Lipinski definition) is 1. The predicted octanol–water partition coefficient (Wildman–Crippen LogP) is 1.19. The van der Waals surface area contributed by atoms with Gasteiger partial charge < -0.3 is 10.5 Å². The van der Waals surface area contributed by atoms with Crippen LogP contribution in [0.15, 0.2) is 18.3 Å². The molecule has 3 rings (SSSR count). The van der Waals surface area contributed by atoms with Gasteiger partial charge in [0.1, 0.15) is 5.52 Å². The van der Waals surface area contributed by atoms with Crippen molar-refractivity contribution in [2.75, 3.05) is 12.3 Å². The quantitative estimate of drug-likeness (QED) is 0.822. The summed E-state index contributed by atoms with van der Waals surface area (Å²) in [6.07, 6.45) is 4.23. The van der Waals surface area contributed by atoms with E-state index in [1.165, 1.54) is 0 Å². The van der Waals surface area contributed by atoms with Crippen molar-refractivity contribution in [3.05, 3.63) is 18.3 Å². The van der Waals surface area contributed by atoms with Gasteiger partial charge in [0, 0.05) is 12.8 Å². The molecular weight excluding hydrogens is 204 g/mol. The van der Waals surface area contributed by atoms with Crippen LogP contribution in [0, 0.1) is 0 Å². The summed E-state index contributed by atoms with van der Waals surface area (Å²) in [5.41, 5.74) is 7.58. The van der Waals surface area contributed by atoms with E-state index in [-0.39, 0.29) is 6.10 Å². The van der Waals surface area contributed by atoms with Crippen LogP contribution in [-0.4, -0.2) is 27.2 Å². The maximum absolute atomic E-state index is 5.89. The normalized spacial score (nSPS) is 20.6. The zero-order valence-electron chi connectivity index (χ0n) is 8.97. The molecular formula is C11H14N4O. The fraction of sp³-hybridized carbons (Fsp3) is 0.455. The highest BCUT2D eigenvalue weighted by molar-refractivity contribution is 5.73. The van der Waals surface area contributed by atoms with Gasteiger partial charge in [0.15, 0.2) is 5.65 Å². The van der Waals surface area contributed by atoms with Gasteiger partial charge in [0.05, 0.1) is 12.6 Å². The summed E-state index contributed by atoms with van der Waals surface area (Å²) in [6, 6.07) is 3.79. The molecule has 5 nitrogen and oxygen atoms in total. The molecule has 0 spiro atoms. The van der Waals surface area contributed by atoms with Gasteiger partial charge >= 0.3 is 0 Å². The van der Waals surface area contributed by atoms with Gasteiger partial charge in [-0.05, 0) is 25.0 Å². The van der Waals surface area contributed by atoms with Crippen LogP contribution in [0.1, 0.15) is 12.8 Å². The summed E-state index contributed by atoms with van der Waals surface area (Å²) in [5, 5.41) is 0. The van der Waals surface area contributed by atoms with E-state index in [4.69, 9.17) is 10.5 Å². The average molecular weight is 218 g/mol. The Labute approximate surface area is 93.2 Å². The molecule has 0 aromatic carbocycles. The summed E-state index contributed by atoms with van der Waals surface area (Å²) >= 11 is 0. The van der Waals surface area contributed by atoms with E-state index in [1.807, 2.05) is 16.7 Å². The highest BCUT2D eigenvalue weighted by Gasteiger charge is 2.19. The molecule has 1 atom stereocenters. The van der Waals surface area contributed by atoms with Crippen molar-refractivity contribution in [1.29, 1.82) is 0 Å². The Morgan fingerprint density at radius 2 is 2.50 bits per heavy atom. The summed E-state index contributed by atoms with van der Waals surface area (Å²) in [5.74, 6) is 0.518. The van der Waals surface area contributed by atoms with Gasteiger partial charge in [-0.1, -0.05) is 0 Å². The SMILES string of the molecule is Nc1nc2cccnc2n1CC1CCCO1. The second-order valence-corrected chi connectivity index (χ2v) is 4.06. The van der Waals surface area contributed by atoms with Crippen LogP contribution >= 0.6 is 0 Å². The third-order valence-electron chi connectivity index (χ3n) is 2.94. The third kappa shape index (κ3) is 1.53. The molecule has 2 N–H and O–H groups in total. The van der Waals surface area contributed by atoms with Gasteiger partial charge in [-0.25, -0.2) is 9.97 Å². The highest BCUT2D eigenvalue weighted by Crippen LogP contribution is 2.20. The molecule has 0 bridgehead atoms. The van der Waals surface area contributed by atoms with Crippen molar-refractivity contribution in [2.45, 2.75) is 25.5 Å². The Bertz CT molecular complexity index is 502. The minimum Gasteiger partial charge on any atom is -0.376 e. The molecule has 1 aliphatic rings. The van der Waals surface area contributed by atoms with Crippen molar-refractivity contribution in [1.82, 2.24) is 14.5 Å². The first-order chi connectivity index (χ1) is 7.84. The van der Waals surface area contributed by atoms with Crippen LogP contribution in [0.3, 0.4) is 0 Å². The van der Waals surface area contributed by atoms with E-state index in [1.54, 1.807) is 6.20 Å². The summed E-state index contributed by atoms with van der Waals surface area (Å²) < 4.78 is 7.53. The number of hydrogen-bond acceptors (Lipinski definition) is 4. The van der Waals surface area contributed by atoms with E-state index in [0.717, 1.165) is 37.2 Å². The lowest BCUT2D eigenvalue weighted by atomic mass is 10.2. The first-order valence-electron chi connectivity index (χ1n) is 5.53. The number of nitrogens with two attached hydrogens (primary N) is 1. The molecule has 1 saturated heterocycles. The van der Waals surface area contributed by atoms with E-state index in [0.29, 0.717) is 5.95 Å². The standard InChI is InChI=1S/C11H14N4O/c12-11-14-9-4-1-5-13-10(9)15(11)7-8-3-2-6-16-8/h1,4-5,8H,2-3,6-7H2,(H2,12,14). The number of aromatic nitrogens is 3. The first kappa shape index (κ1) is 9.59. The lowest BCUT2D eigenvalue weighted by Crippen LogP contribution is -2.16. The Morgan fingerprint density at radius 1 is 1.56 bits per heavy atom. The first-order valence-corrected chi connectivity index (χ1v) is 5.53. The number of fused-ring (bicyclic) bond motifs is 1. The monoisotopic (exact) mass is 218 g/mol. The number of imidazole rings is 1. The minimum atomic E-state index is 0.252. The molecule has 16 heavy (non-hydrogen) atoms. The van der Waals surface area contributed by atoms with Gasteiger partial charge in [-0.2, -0.15) is 0 Å². The summed E-state index contributed by atoms with van der Waals surface area (Å²) in [7, 11) is 0. The van der Waals surface area contributed by atoms with Crippen LogP contribution in [0.5, 0.6) is 0 Å². The zero-order valence-corrected chi connectivity index (χ0v) is 8.97. The molecule has 5 heteroatoms. The molecule has 1 fully saturated rings. The second kappa shape index (κ2) is 3.75. The highest BCUT2D eigenvalue weighted by atomic mass is 16.5. The van der Waals surface area contributed by atoms with Crippen LogP contribution in [-0.2, 0) is 11.3 Å². The van der Waals surface area contributed by atoms with Gasteiger partial charge in [-0.15, -0.1) is 0 Å². The molecule has 2 aromatic rings. The fourth-order valence-electron chi connectivity index (χ4n) is 2.15. The smallest absolute Gasteiger partial charge is 0.202 e. The molecule has 84 valence electrons. The Hall–Kier alpha value is -1.62. The topological polar surface area (TPSA) is 66.0 Å². The Balaban J connectivity index is 1.98. The molecule has 2 aromatic heterocycles. The molecule has 0 aliphatic carbocycles. The van der Waals surface area contributed by atoms with Gasteiger partial charge in [0.25, 0.3) is 0 Å². The number of rotatable bonds is 2. The van der Waals surface area contributed by atoms with Crippen LogP contribution in [0.25, 0.3) is 11.2 Å². The van der Waals surface area contributed by atoms with Crippen molar-refractivity contribution < 1.29 is 4.74 Å². The van der Waals surface area contributed by atoms with Crippen molar-refractivity contribution in [3.8, 4) is 0 Å². The molecule has 0 radical (unpaired) electrons. The van der Waals surface area contributed by atoms with Crippen molar-refractivity contribution >= 4 is 17.1 Å². The zero-order chi connectivity index (χ0) is 11.0. The number of nitrogen functional groups attached to an aromatic ring is 1. The molecule has 1 unspecified atom stereocenters. The molecule has 0 saturated carbocycles. The van der Waals surface area contributed by atoms with Gasteiger partial charge in [0.2, 0.25) is 5.95 Å². The van der Waals surface area contributed by atoms with Crippen molar-refractivity contribution in [2.24, 2.45) is 0 Å². The van der Waals surface area contributed by atoms with E-state index < -0.39 is 0 Å². The minimum absolute atomic E-state index is 0.252. The maximum Gasteiger partial charge on any atom is 0.202 e. The average Bonchev–Trinajstić information content (AvgIpc) is 2.89. The Kier molecular flexibility index (Phi) is 2.25. The summed E-state index contributed by atoms with van der Waals surface area (Å²) in [6.45, 7) is 1.60. The number of pyridine rings is 1.